The van der Waals surface area contributed by atoms with Crippen LogP contribution in [0.15, 0.2) is 70.6 Å². The standard InChI is InChI=1S/C25H23N3O3/c1-16-6-5-7-18(12-16)15-26-28-24(19-9-11-22(30-3)23(14-19)31-4)27-21-10-8-17(2)13-20(21)25(28)29/h5-15H,1-4H3. The van der Waals surface area contributed by atoms with Gasteiger partial charge in [-0.3, -0.25) is 4.79 Å². The first-order valence-electron chi connectivity index (χ1n) is 9.87. The molecule has 0 radical (unpaired) electrons. The Morgan fingerprint density at radius 3 is 2.42 bits per heavy atom. The highest BCUT2D eigenvalue weighted by Crippen LogP contribution is 2.31. The van der Waals surface area contributed by atoms with Crippen molar-refractivity contribution >= 4 is 17.1 Å². The molecule has 6 nitrogen and oxygen atoms in total. The van der Waals surface area contributed by atoms with Gasteiger partial charge in [0.25, 0.3) is 5.56 Å². The highest BCUT2D eigenvalue weighted by atomic mass is 16.5. The van der Waals surface area contributed by atoms with Gasteiger partial charge in [0.2, 0.25) is 0 Å². The van der Waals surface area contributed by atoms with Crippen molar-refractivity contribution in [1.82, 2.24) is 9.66 Å². The summed E-state index contributed by atoms with van der Waals surface area (Å²) in [5.74, 6) is 1.57. The van der Waals surface area contributed by atoms with Crippen LogP contribution in [-0.2, 0) is 0 Å². The Balaban J connectivity index is 1.96. The van der Waals surface area contributed by atoms with Crippen LogP contribution in [0.25, 0.3) is 22.3 Å². The molecule has 0 unspecified atom stereocenters. The van der Waals surface area contributed by atoms with Crippen molar-refractivity contribution in [3.63, 3.8) is 0 Å². The molecule has 3 aromatic carbocycles. The number of hydrogen-bond acceptors (Lipinski definition) is 5. The Bertz CT molecular complexity index is 1360. The molecule has 0 amide bonds. The number of aryl methyl sites for hydroxylation is 2. The first-order chi connectivity index (χ1) is 15.0. The van der Waals surface area contributed by atoms with E-state index in [0.717, 1.165) is 16.7 Å². The van der Waals surface area contributed by atoms with Gasteiger partial charge in [-0.2, -0.15) is 9.78 Å². The fourth-order valence-corrected chi connectivity index (χ4v) is 3.43. The number of aromatic nitrogens is 2. The maximum absolute atomic E-state index is 13.4. The third-order valence-corrected chi connectivity index (χ3v) is 5.01. The predicted octanol–water partition coefficient (Wildman–Crippen LogP) is 4.58. The number of methoxy groups -OCH3 is 2. The van der Waals surface area contributed by atoms with Gasteiger partial charge in [0.15, 0.2) is 17.3 Å². The molecular weight excluding hydrogens is 390 g/mol. The highest BCUT2D eigenvalue weighted by Gasteiger charge is 2.15. The molecule has 4 aromatic rings. The first-order valence-corrected chi connectivity index (χ1v) is 9.87. The molecule has 0 fully saturated rings. The number of nitrogens with zero attached hydrogens (tertiary/aromatic N) is 3. The second kappa shape index (κ2) is 8.44. The molecule has 0 aliphatic rings. The van der Waals surface area contributed by atoms with E-state index in [0.29, 0.717) is 33.8 Å². The first kappa shape index (κ1) is 20.3. The molecule has 0 aliphatic carbocycles. The Kier molecular flexibility index (Phi) is 5.54. The number of benzene rings is 3. The van der Waals surface area contributed by atoms with E-state index in [2.05, 4.69) is 5.10 Å². The summed E-state index contributed by atoms with van der Waals surface area (Å²) >= 11 is 0. The van der Waals surface area contributed by atoms with Gasteiger partial charge in [-0.1, -0.05) is 41.5 Å². The summed E-state index contributed by atoms with van der Waals surface area (Å²) in [6, 6.07) is 18.9. The van der Waals surface area contributed by atoms with Crippen LogP contribution in [0.1, 0.15) is 16.7 Å². The molecule has 156 valence electrons. The highest BCUT2D eigenvalue weighted by molar-refractivity contribution is 5.82. The molecular formula is C25H23N3O3. The Labute approximate surface area is 180 Å². The summed E-state index contributed by atoms with van der Waals surface area (Å²) in [6.07, 6.45) is 1.67. The lowest BCUT2D eigenvalue weighted by Gasteiger charge is -2.12. The van der Waals surface area contributed by atoms with Gasteiger partial charge < -0.3 is 9.47 Å². The van der Waals surface area contributed by atoms with Crippen molar-refractivity contribution < 1.29 is 9.47 Å². The molecule has 1 aromatic heterocycles. The maximum Gasteiger partial charge on any atom is 0.282 e. The third kappa shape index (κ3) is 4.05. The zero-order chi connectivity index (χ0) is 22.0. The average Bonchev–Trinajstić information content (AvgIpc) is 2.78. The van der Waals surface area contributed by atoms with Crippen LogP contribution >= 0.6 is 0 Å². The minimum absolute atomic E-state index is 0.234. The van der Waals surface area contributed by atoms with E-state index in [9.17, 15) is 4.79 Å². The Hall–Kier alpha value is -3.93. The van der Waals surface area contributed by atoms with Crippen molar-refractivity contribution in [1.29, 1.82) is 0 Å². The molecule has 6 heteroatoms. The summed E-state index contributed by atoms with van der Waals surface area (Å²) in [5.41, 5.74) is 4.07. The van der Waals surface area contributed by atoms with Crippen LogP contribution < -0.4 is 15.0 Å². The van der Waals surface area contributed by atoms with E-state index in [1.165, 1.54) is 4.68 Å². The summed E-state index contributed by atoms with van der Waals surface area (Å²) in [5, 5.41) is 5.04. The molecule has 0 bridgehead atoms. The lowest BCUT2D eigenvalue weighted by atomic mass is 10.1. The molecule has 0 aliphatic heterocycles. The molecule has 4 rings (SSSR count). The second-order valence-electron chi connectivity index (χ2n) is 7.30. The van der Waals surface area contributed by atoms with Gasteiger partial charge >= 0.3 is 0 Å². The zero-order valence-electron chi connectivity index (χ0n) is 17.9. The number of rotatable bonds is 5. The largest absolute Gasteiger partial charge is 0.493 e. The lowest BCUT2D eigenvalue weighted by molar-refractivity contribution is 0.355. The number of hydrogen-bond donors (Lipinski definition) is 0. The number of fused-ring (bicyclic) bond motifs is 1. The van der Waals surface area contributed by atoms with Gasteiger partial charge in [0.05, 0.1) is 31.3 Å². The van der Waals surface area contributed by atoms with Gasteiger partial charge in [0.1, 0.15) is 0 Å². The van der Waals surface area contributed by atoms with Crippen molar-refractivity contribution in [2.24, 2.45) is 5.10 Å². The van der Waals surface area contributed by atoms with Crippen molar-refractivity contribution in [2.45, 2.75) is 13.8 Å². The van der Waals surface area contributed by atoms with Crippen LogP contribution in [0.3, 0.4) is 0 Å². The maximum atomic E-state index is 13.4. The monoisotopic (exact) mass is 413 g/mol. The minimum atomic E-state index is -0.234. The fraction of sp³-hybridized carbons (Fsp3) is 0.160. The minimum Gasteiger partial charge on any atom is -0.493 e. The van der Waals surface area contributed by atoms with Crippen molar-refractivity contribution in [3.05, 3.63) is 87.7 Å². The van der Waals surface area contributed by atoms with Crippen LogP contribution in [0.4, 0.5) is 0 Å². The lowest BCUT2D eigenvalue weighted by Crippen LogP contribution is -2.20. The topological polar surface area (TPSA) is 65.7 Å². The fourth-order valence-electron chi connectivity index (χ4n) is 3.43. The Morgan fingerprint density at radius 2 is 1.68 bits per heavy atom. The quantitative estimate of drug-likeness (QED) is 0.449. The van der Waals surface area contributed by atoms with E-state index in [1.807, 2.05) is 62.4 Å². The molecule has 0 saturated carbocycles. The molecule has 31 heavy (non-hydrogen) atoms. The molecule has 0 saturated heterocycles. The van der Waals surface area contributed by atoms with Crippen LogP contribution in [0, 0.1) is 13.8 Å². The average molecular weight is 413 g/mol. The molecule has 0 N–H and O–H groups in total. The van der Waals surface area contributed by atoms with Gasteiger partial charge in [-0.25, -0.2) is 4.98 Å². The zero-order valence-corrected chi connectivity index (χ0v) is 17.9. The van der Waals surface area contributed by atoms with Gasteiger partial charge in [0, 0.05) is 5.56 Å². The van der Waals surface area contributed by atoms with E-state index in [1.54, 1.807) is 32.6 Å². The third-order valence-electron chi connectivity index (χ3n) is 5.01. The van der Waals surface area contributed by atoms with E-state index in [-0.39, 0.29) is 5.56 Å². The number of ether oxygens (including phenoxy) is 2. The van der Waals surface area contributed by atoms with Crippen molar-refractivity contribution in [3.8, 4) is 22.9 Å². The van der Waals surface area contributed by atoms with E-state index < -0.39 is 0 Å². The Morgan fingerprint density at radius 1 is 0.903 bits per heavy atom. The summed E-state index contributed by atoms with van der Waals surface area (Å²) < 4.78 is 12.1. The summed E-state index contributed by atoms with van der Waals surface area (Å²) in [7, 11) is 3.15. The summed E-state index contributed by atoms with van der Waals surface area (Å²) in [6.45, 7) is 3.96. The SMILES string of the molecule is COc1ccc(-c2nc3ccc(C)cc3c(=O)n2N=Cc2cccc(C)c2)cc1OC. The molecule has 1 heterocycles. The predicted molar refractivity (Wildman–Crippen MR) is 123 cm³/mol. The van der Waals surface area contributed by atoms with Crippen molar-refractivity contribution in [2.75, 3.05) is 14.2 Å². The van der Waals surface area contributed by atoms with Crippen LogP contribution in [0.5, 0.6) is 11.5 Å². The van der Waals surface area contributed by atoms with E-state index >= 15 is 0 Å². The summed E-state index contributed by atoms with van der Waals surface area (Å²) in [4.78, 5) is 18.2. The molecule has 0 atom stereocenters. The van der Waals surface area contributed by atoms with Gasteiger partial charge in [-0.05, 0) is 49.7 Å². The normalized spacial score (nSPS) is 11.2. The molecule has 0 spiro atoms. The van der Waals surface area contributed by atoms with E-state index in [4.69, 9.17) is 14.5 Å². The second-order valence-corrected chi connectivity index (χ2v) is 7.30. The van der Waals surface area contributed by atoms with Gasteiger partial charge in [-0.15, -0.1) is 0 Å². The van der Waals surface area contributed by atoms with Crippen LogP contribution in [0.2, 0.25) is 0 Å². The smallest absolute Gasteiger partial charge is 0.282 e. The van der Waals surface area contributed by atoms with Crippen LogP contribution in [-0.4, -0.2) is 30.1 Å².